The molecule has 5 nitrogen and oxygen atoms in total. The second-order valence-corrected chi connectivity index (χ2v) is 8.02. The molecule has 0 aliphatic rings. The molecule has 7 heteroatoms. The van der Waals surface area contributed by atoms with E-state index in [1.807, 2.05) is 67.1 Å². The number of hydrogen-bond donors (Lipinski definition) is 1. The molecule has 0 saturated carbocycles. The molecule has 0 bridgehead atoms. The number of pyridine rings is 1. The molecule has 0 saturated heterocycles. The molecule has 2 heterocycles. The Balaban J connectivity index is 1.53. The second-order valence-electron chi connectivity index (χ2n) is 6.79. The molecule has 1 amide bonds. The van der Waals surface area contributed by atoms with Crippen LogP contribution in [-0.2, 0) is 6.54 Å². The largest absolute Gasteiger partial charge is 0.320 e. The first-order chi connectivity index (χ1) is 13.9. The number of fused-ring (bicyclic) bond motifs is 1. The van der Waals surface area contributed by atoms with Crippen LogP contribution in [0.25, 0.3) is 10.9 Å². The molecular weight excluding hydrogens is 452 g/mol. The van der Waals surface area contributed by atoms with E-state index in [1.165, 1.54) is 0 Å². The summed E-state index contributed by atoms with van der Waals surface area (Å²) in [4.78, 5) is 17.1. The number of carbonyl (C=O) groups excluding carboxylic acids is 1. The number of hydrogen-bond acceptors (Lipinski definition) is 3. The number of amides is 1. The third-order valence-electron chi connectivity index (χ3n) is 4.81. The van der Waals surface area contributed by atoms with Gasteiger partial charge in [0.2, 0.25) is 0 Å². The van der Waals surface area contributed by atoms with Gasteiger partial charge >= 0.3 is 0 Å². The predicted molar refractivity (Wildman–Crippen MR) is 120 cm³/mol. The average Bonchev–Trinajstić information content (AvgIpc) is 2.97. The summed E-state index contributed by atoms with van der Waals surface area (Å²) in [6.45, 7) is 4.43. The average molecular weight is 470 g/mol. The van der Waals surface area contributed by atoms with Gasteiger partial charge in [-0.3, -0.25) is 14.5 Å². The highest BCUT2D eigenvalue weighted by Crippen LogP contribution is 2.28. The summed E-state index contributed by atoms with van der Waals surface area (Å²) in [5, 5.41) is 9.05. The van der Waals surface area contributed by atoms with Gasteiger partial charge in [0.25, 0.3) is 5.91 Å². The molecule has 0 unspecified atom stereocenters. The highest BCUT2D eigenvalue weighted by atomic mass is 79.9. The summed E-state index contributed by atoms with van der Waals surface area (Å²) >= 11 is 9.74. The summed E-state index contributed by atoms with van der Waals surface area (Å²) in [6, 6.07) is 15.1. The molecule has 4 rings (SSSR count). The molecule has 29 heavy (non-hydrogen) atoms. The Morgan fingerprint density at radius 1 is 1.14 bits per heavy atom. The van der Waals surface area contributed by atoms with E-state index < -0.39 is 0 Å². The van der Waals surface area contributed by atoms with Gasteiger partial charge in [-0.05, 0) is 49.7 Å². The molecule has 0 spiro atoms. The maximum Gasteiger partial charge on any atom is 0.255 e. The monoisotopic (exact) mass is 468 g/mol. The lowest BCUT2D eigenvalue weighted by molar-refractivity contribution is 0.102. The third kappa shape index (κ3) is 3.91. The smallest absolute Gasteiger partial charge is 0.255 e. The molecule has 0 atom stereocenters. The first-order valence-corrected chi connectivity index (χ1v) is 10.2. The predicted octanol–water partition coefficient (Wildman–Crippen LogP) is 5.76. The standard InChI is InChI=1S/C22H18BrClN4O/c1-13-20(24)14(2)28(27-13)12-15-5-7-16(8-6-15)22(29)26-19-10-9-18(23)17-4-3-11-25-21(17)19/h3-11H,12H2,1-2H3,(H,26,29). The van der Waals surface area contributed by atoms with E-state index in [2.05, 4.69) is 31.3 Å². The van der Waals surface area contributed by atoms with E-state index in [9.17, 15) is 4.79 Å². The van der Waals surface area contributed by atoms with Crippen LogP contribution in [0.2, 0.25) is 5.02 Å². The minimum atomic E-state index is -0.181. The van der Waals surface area contributed by atoms with Crippen molar-refractivity contribution in [1.29, 1.82) is 0 Å². The Hall–Kier alpha value is -2.70. The molecule has 0 aliphatic heterocycles. The number of rotatable bonds is 4. The van der Waals surface area contributed by atoms with Crippen molar-refractivity contribution < 1.29 is 4.79 Å². The van der Waals surface area contributed by atoms with Gasteiger partial charge in [-0.2, -0.15) is 5.10 Å². The Morgan fingerprint density at radius 2 is 1.90 bits per heavy atom. The fraction of sp³-hybridized carbons (Fsp3) is 0.136. The third-order valence-corrected chi connectivity index (χ3v) is 6.04. The van der Waals surface area contributed by atoms with Crippen molar-refractivity contribution >= 4 is 50.0 Å². The van der Waals surface area contributed by atoms with E-state index in [0.29, 0.717) is 22.8 Å². The zero-order chi connectivity index (χ0) is 20.5. The van der Waals surface area contributed by atoms with Crippen LogP contribution in [0.15, 0.2) is 59.2 Å². The molecule has 0 aliphatic carbocycles. The number of nitrogens with one attached hydrogen (secondary N) is 1. The van der Waals surface area contributed by atoms with Crippen LogP contribution < -0.4 is 5.32 Å². The number of aryl methyl sites for hydroxylation is 1. The van der Waals surface area contributed by atoms with Crippen molar-refractivity contribution in [3.63, 3.8) is 0 Å². The first kappa shape index (κ1) is 19.6. The van der Waals surface area contributed by atoms with Crippen LogP contribution in [-0.4, -0.2) is 20.7 Å². The minimum Gasteiger partial charge on any atom is -0.320 e. The molecule has 4 aromatic rings. The molecule has 0 radical (unpaired) electrons. The number of nitrogens with zero attached hydrogens (tertiary/aromatic N) is 3. The lowest BCUT2D eigenvalue weighted by Crippen LogP contribution is -2.12. The van der Waals surface area contributed by atoms with Gasteiger partial charge in [-0.25, -0.2) is 0 Å². The summed E-state index contributed by atoms with van der Waals surface area (Å²) in [6.07, 6.45) is 1.71. The SMILES string of the molecule is Cc1nn(Cc2ccc(C(=O)Nc3ccc(Br)c4cccnc34)cc2)c(C)c1Cl. The summed E-state index contributed by atoms with van der Waals surface area (Å²) in [7, 11) is 0. The molecule has 2 aromatic carbocycles. The van der Waals surface area contributed by atoms with Gasteiger partial charge in [0.15, 0.2) is 0 Å². The van der Waals surface area contributed by atoms with Gasteiger partial charge in [0.05, 0.1) is 34.2 Å². The quantitative estimate of drug-likeness (QED) is 0.413. The van der Waals surface area contributed by atoms with Crippen LogP contribution >= 0.6 is 27.5 Å². The van der Waals surface area contributed by atoms with E-state index >= 15 is 0 Å². The molecule has 146 valence electrons. The van der Waals surface area contributed by atoms with Crippen molar-refractivity contribution in [1.82, 2.24) is 14.8 Å². The van der Waals surface area contributed by atoms with Gasteiger partial charge < -0.3 is 5.32 Å². The minimum absolute atomic E-state index is 0.181. The highest BCUT2D eigenvalue weighted by Gasteiger charge is 2.12. The number of benzene rings is 2. The van der Waals surface area contributed by atoms with Crippen LogP contribution in [0.3, 0.4) is 0 Å². The van der Waals surface area contributed by atoms with Crippen molar-refractivity contribution in [2.24, 2.45) is 0 Å². The number of halogens is 2. The van der Waals surface area contributed by atoms with Crippen LogP contribution in [0.1, 0.15) is 27.3 Å². The lowest BCUT2D eigenvalue weighted by atomic mass is 10.1. The number of aromatic nitrogens is 3. The zero-order valence-electron chi connectivity index (χ0n) is 15.9. The molecule has 0 fully saturated rings. The van der Waals surface area contributed by atoms with E-state index in [4.69, 9.17) is 11.6 Å². The summed E-state index contributed by atoms with van der Waals surface area (Å²) < 4.78 is 2.80. The molecular formula is C22H18BrClN4O. The zero-order valence-corrected chi connectivity index (χ0v) is 18.3. The van der Waals surface area contributed by atoms with Gasteiger partial charge in [0.1, 0.15) is 0 Å². The van der Waals surface area contributed by atoms with Crippen molar-refractivity contribution in [2.45, 2.75) is 20.4 Å². The Labute approximate surface area is 181 Å². The topological polar surface area (TPSA) is 59.8 Å². The summed E-state index contributed by atoms with van der Waals surface area (Å²) in [5.74, 6) is -0.181. The fourth-order valence-corrected chi connectivity index (χ4v) is 3.78. The maximum absolute atomic E-state index is 12.7. The van der Waals surface area contributed by atoms with Crippen molar-refractivity contribution in [2.75, 3.05) is 5.32 Å². The second kappa shape index (κ2) is 7.97. The van der Waals surface area contributed by atoms with E-state index in [-0.39, 0.29) is 5.91 Å². The Kier molecular flexibility index (Phi) is 5.39. The van der Waals surface area contributed by atoms with Crippen LogP contribution in [0, 0.1) is 13.8 Å². The van der Waals surface area contributed by atoms with E-state index in [1.54, 1.807) is 6.20 Å². The fourth-order valence-electron chi connectivity index (χ4n) is 3.20. The van der Waals surface area contributed by atoms with Crippen LogP contribution in [0.4, 0.5) is 5.69 Å². The lowest BCUT2D eigenvalue weighted by Gasteiger charge is -2.10. The first-order valence-electron chi connectivity index (χ1n) is 9.07. The summed E-state index contributed by atoms with van der Waals surface area (Å²) in [5.41, 5.74) is 4.78. The normalized spacial score (nSPS) is 11.0. The van der Waals surface area contributed by atoms with Gasteiger partial charge in [0, 0.05) is 21.6 Å². The van der Waals surface area contributed by atoms with Gasteiger partial charge in [-0.15, -0.1) is 0 Å². The van der Waals surface area contributed by atoms with Crippen molar-refractivity contribution in [3.8, 4) is 0 Å². The van der Waals surface area contributed by atoms with Gasteiger partial charge in [-0.1, -0.05) is 45.7 Å². The number of carbonyl (C=O) groups is 1. The van der Waals surface area contributed by atoms with E-state index in [0.717, 1.165) is 32.3 Å². The van der Waals surface area contributed by atoms with Crippen molar-refractivity contribution in [3.05, 3.63) is 86.7 Å². The highest BCUT2D eigenvalue weighted by molar-refractivity contribution is 9.10. The maximum atomic E-state index is 12.7. The molecule has 2 aromatic heterocycles. The Morgan fingerprint density at radius 3 is 2.59 bits per heavy atom. The Bertz CT molecular complexity index is 1220. The number of anilines is 1. The van der Waals surface area contributed by atoms with Crippen LogP contribution in [0.5, 0.6) is 0 Å². The molecule has 1 N–H and O–H groups in total.